The minimum absolute atomic E-state index is 0.0973. The number of aromatic carboxylic acids is 1. The number of hydrogen-bond acceptors (Lipinski definition) is 4. The van der Waals surface area contributed by atoms with E-state index in [1.807, 2.05) is 0 Å². The molecule has 1 N–H and O–H groups in total. The van der Waals surface area contributed by atoms with Crippen molar-refractivity contribution in [1.29, 1.82) is 0 Å². The third-order valence-corrected chi connectivity index (χ3v) is 2.40. The van der Waals surface area contributed by atoms with Gasteiger partial charge in [-0.1, -0.05) is 11.6 Å². The second kappa shape index (κ2) is 3.16. The molecule has 2 aromatic heterocycles. The van der Waals surface area contributed by atoms with Crippen LogP contribution in [-0.2, 0) is 0 Å². The van der Waals surface area contributed by atoms with Gasteiger partial charge in [0.15, 0.2) is 5.69 Å². The smallest absolute Gasteiger partial charge is 0.355 e. The molecular weight excluding hydrogens is 220 g/mol. The number of nitrogens with zero attached hydrogens (tertiary/aromatic N) is 4. The summed E-state index contributed by atoms with van der Waals surface area (Å²) in [5, 5.41) is 13.1. The molecule has 0 amide bonds. The van der Waals surface area contributed by atoms with Gasteiger partial charge in [-0.05, 0) is 13.8 Å². The average Bonchev–Trinajstić information content (AvgIpc) is 2.52. The predicted octanol–water partition coefficient (Wildman–Crippen LogP) is 1.09. The Morgan fingerprint density at radius 2 is 2.07 bits per heavy atom. The van der Waals surface area contributed by atoms with E-state index in [4.69, 9.17) is 16.7 Å². The Bertz CT molecular complexity index is 563. The summed E-state index contributed by atoms with van der Waals surface area (Å²) in [6.45, 7) is 3.26. The number of rotatable bonds is 1. The van der Waals surface area contributed by atoms with Gasteiger partial charge in [0.25, 0.3) is 5.78 Å². The van der Waals surface area contributed by atoms with Crippen LogP contribution >= 0.6 is 11.6 Å². The Labute approximate surface area is 89.5 Å². The van der Waals surface area contributed by atoms with Gasteiger partial charge in [-0.25, -0.2) is 9.78 Å². The van der Waals surface area contributed by atoms with E-state index in [0.717, 1.165) is 0 Å². The van der Waals surface area contributed by atoms with Crippen LogP contribution in [0.25, 0.3) is 5.78 Å². The van der Waals surface area contributed by atoms with Gasteiger partial charge in [0.05, 0.1) is 0 Å². The highest BCUT2D eigenvalue weighted by Crippen LogP contribution is 2.18. The maximum absolute atomic E-state index is 10.8. The lowest BCUT2D eigenvalue weighted by molar-refractivity contribution is 0.0689. The van der Waals surface area contributed by atoms with Gasteiger partial charge in [-0.3, -0.25) is 0 Å². The zero-order valence-corrected chi connectivity index (χ0v) is 8.78. The molecule has 0 saturated carbocycles. The van der Waals surface area contributed by atoms with Crippen molar-refractivity contribution in [3.8, 4) is 0 Å². The van der Waals surface area contributed by atoms with Crippen LogP contribution in [0, 0.1) is 13.8 Å². The van der Waals surface area contributed by atoms with Crippen molar-refractivity contribution in [1.82, 2.24) is 19.6 Å². The molecule has 0 fully saturated rings. The quantitative estimate of drug-likeness (QED) is 0.737. The fraction of sp³-hybridized carbons (Fsp3) is 0.250. The number of halogens is 1. The van der Waals surface area contributed by atoms with Gasteiger partial charge < -0.3 is 5.11 Å². The first-order chi connectivity index (χ1) is 7.00. The lowest BCUT2D eigenvalue weighted by atomic mass is 10.2. The fourth-order valence-electron chi connectivity index (χ4n) is 1.26. The molecule has 15 heavy (non-hydrogen) atoms. The van der Waals surface area contributed by atoms with E-state index in [0.29, 0.717) is 11.4 Å². The summed E-state index contributed by atoms with van der Waals surface area (Å²) in [6, 6.07) is 0. The van der Waals surface area contributed by atoms with Gasteiger partial charge in [-0.15, -0.1) is 5.10 Å². The molecule has 0 aromatic carbocycles. The SMILES string of the molecule is Cc1nc2nc(C(=O)O)c(C)c(Cl)n2n1. The highest BCUT2D eigenvalue weighted by atomic mass is 35.5. The van der Waals surface area contributed by atoms with E-state index in [9.17, 15) is 4.79 Å². The summed E-state index contributed by atoms with van der Waals surface area (Å²) >= 11 is 5.95. The lowest BCUT2D eigenvalue weighted by Crippen LogP contribution is -2.08. The maximum Gasteiger partial charge on any atom is 0.355 e. The molecule has 0 radical (unpaired) electrons. The van der Waals surface area contributed by atoms with E-state index in [2.05, 4.69) is 15.1 Å². The number of hydrogen-bond donors (Lipinski definition) is 1. The molecule has 0 aliphatic heterocycles. The first-order valence-electron chi connectivity index (χ1n) is 4.13. The van der Waals surface area contributed by atoms with Crippen molar-refractivity contribution in [2.45, 2.75) is 13.8 Å². The van der Waals surface area contributed by atoms with Crippen LogP contribution in [0.1, 0.15) is 21.9 Å². The molecular formula is C8H7ClN4O2. The summed E-state index contributed by atoms with van der Waals surface area (Å²) in [4.78, 5) is 18.7. The van der Waals surface area contributed by atoms with E-state index >= 15 is 0 Å². The van der Waals surface area contributed by atoms with Crippen LogP contribution in [-0.4, -0.2) is 30.7 Å². The number of aryl methyl sites for hydroxylation is 1. The van der Waals surface area contributed by atoms with Gasteiger partial charge in [0.2, 0.25) is 0 Å². The van der Waals surface area contributed by atoms with Crippen LogP contribution in [0.5, 0.6) is 0 Å². The third-order valence-electron chi connectivity index (χ3n) is 1.96. The van der Waals surface area contributed by atoms with Crippen LogP contribution < -0.4 is 0 Å². The van der Waals surface area contributed by atoms with Crippen molar-refractivity contribution >= 4 is 23.3 Å². The van der Waals surface area contributed by atoms with Crippen molar-refractivity contribution in [2.75, 3.05) is 0 Å². The van der Waals surface area contributed by atoms with Gasteiger partial charge in [0, 0.05) is 5.56 Å². The molecule has 0 unspecified atom stereocenters. The number of carboxylic acid groups (broad SMARTS) is 1. The zero-order valence-electron chi connectivity index (χ0n) is 8.02. The molecule has 2 aromatic rings. The Balaban J connectivity index is 2.87. The topological polar surface area (TPSA) is 80.4 Å². The highest BCUT2D eigenvalue weighted by Gasteiger charge is 2.17. The lowest BCUT2D eigenvalue weighted by Gasteiger charge is -2.02. The van der Waals surface area contributed by atoms with Gasteiger partial charge >= 0.3 is 5.97 Å². The van der Waals surface area contributed by atoms with Gasteiger partial charge in [0.1, 0.15) is 11.0 Å². The molecule has 0 saturated heterocycles. The molecule has 2 heterocycles. The van der Waals surface area contributed by atoms with Crippen LogP contribution in [0.3, 0.4) is 0 Å². The van der Waals surface area contributed by atoms with E-state index in [1.165, 1.54) is 4.52 Å². The van der Waals surface area contributed by atoms with E-state index < -0.39 is 5.97 Å². The minimum atomic E-state index is -1.13. The Hall–Kier alpha value is -1.69. The standard InChI is InChI=1S/C8H7ClN4O2/c1-3-5(7(14)15)11-8-10-4(2)12-13(8)6(3)9/h1-2H3,(H,14,15). The Kier molecular flexibility index (Phi) is 2.08. The Morgan fingerprint density at radius 1 is 1.40 bits per heavy atom. The predicted molar refractivity (Wildman–Crippen MR) is 52.2 cm³/mol. The van der Waals surface area contributed by atoms with Crippen molar-refractivity contribution < 1.29 is 9.90 Å². The number of carbonyl (C=O) groups is 1. The van der Waals surface area contributed by atoms with E-state index in [1.54, 1.807) is 13.8 Å². The van der Waals surface area contributed by atoms with Crippen LogP contribution in [0.2, 0.25) is 5.15 Å². The molecule has 0 bridgehead atoms. The third kappa shape index (κ3) is 1.42. The summed E-state index contributed by atoms with van der Waals surface area (Å²) in [7, 11) is 0. The number of fused-ring (bicyclic) bond motifs is 1. The van der Waals surface area contributed by atoms with Crippen molar-refractivity contribution in [3.63, 3.8) is 0 Å². The molecule has 78 valence electrons. The van der Waals surface area contributed by atoms with Crippen molar-refractivity contribution in [2.24, 2.45) is 0 Å². The normalized spacial score (nSPS) is 10.9. The summed E-state index contributed by atoms with van der Waals surface area (Å²) in [6.07, 6.45) is 0. The largest absolute Gasteiger partial charge is 0.476 e. The van der Waals surface area contributed by atoms with Crippen LogP contribution in [0.15, 0.2) is 0 Å². The zero-order chi connectivity index (χ0) is 11.2. The first kappa shape index (κ1) is 9.85. The molecule has 0 aliphatic carbocycles. The highest BCUT2D eigenvalue weighted by molar-refractivity contribution is 6.30. The molecule has 7 heteroatoms. The molecule has 6 nitrogen and oxygen atoms in total. The monoisotopic (exact) mass is 226 g/mol. The summed E-state index contributed by atoms with van der Waals surface area (Å²) in [5.41, 5.74) is 0.279. The van der Waals surface area contributed by atoms with Crippen molar-refractivity contribution in [3.05, 3.63) is 22.2 Å². The molecule has 2 rings (SSSR count). The number of carboxylic acids is 1. The molecule has 0 atom stereocenters. The average molecular weight is 227 g/mol. The second-order valence-electron chi connectivity index (χ2n) is 3.05. The first-order valence-corrected chi connectivity index (χ1v) is 4.51. The Morgan fingerprint density at radius 3 is 2.67 bits per heavy atom. The number of aromatic nitrogens is 4. The maximum atomic E-state index is 10.8. The summed E-state index contributed by atoms with van der Waals surface area (Å²) in [5.74, 6) is -0.440. The summed E-state index contributed by atoms with van der Waals surface area (Å²) < 4.78 is 1.32. The molecule has 0 aliphatic rings. The van der Waals surface area contributed by atoms with Crippen LogP contribution in [0.4, 0.5) is 0 Å². The second-order valence-corrected chi connectivity index (χ2v) is 3.41. The minimum Gasteiger partial charge on any atom is -0.476 e. The molecule has 0 spiro atoms. The fourth-order valence-corrected chi connectivity index (χ4v) is 1.46. The van der Waals surface area contributed by atoms with E-state index in [-0.39, 0.29) is 16.6 Å². The van der Waals surface area contributed by atoms with Gasteiger partial charge in [-0.2, -0.15) is 9.50 Å².